The zero-order chi connectivity index (χ0) is 22.5. The SMILES string of the molecule is CCOc1cccc(-c2c(C(=O)N/N=C\c3ccccc3Cl)nnn2-c2nonc2N)c1. The molecular formula is C20H17ClN8O3. The molecule has 0 spiro atoms. The van der Waals surface area contributed by atoms with E-state index in [9.17, 15) is 4.79 Å². The van der Waals surface area contributed by atoms with Crippen molar-refractivity contribution in [3.8, 4) is 22.8 Å². The van der Waals surface area contributed by atoms with Crippen molar-refractivity contribution in [1.29, 1.82) is 0 Å². The van der Waals surface area contributed by atoms with Gasteiger partial charge in [-0.3, -0.25) is 4.79 Å². The molecule has 0 saturated carbocycles. The van der Waals surface area contributed by atoms with E-state index < -0.39 is 5.91 Å². The second kappa shape index (κ2) is 9.27. The molecule has 1 amide bonds. The van der Waals surface area contributed by atoms with Crippen LogP contribution in [0.3, 0.4) is 0 Å². The number of hydrazone groups is 1. The molecule has 0 aliphatic carbocycles. The highest BCUT2D eigenvalue weighted by Gasteiger charge is 2.25. The van der Waals surface area contributed by atoms with Crippen molar-refractivity contribution in [2.45, 2.75) is 6.92 Å². The zero-order valence-electron chi connectivity index (χ0n) is 16.8. The summed E-state index contributed by atoms with van der Waals surface area (Å²) < 4.78 is 11.5. The van der Waals surface area contributed by atoms with Gasteiger partial charge < -0.3 is 10.5 Å². The molecule has 2 aromatic carbocycles. The monoisotopic (exact) mass is 452 g/mol. The Balaban J connectivity index is 1.71. The predicted molar refractivity (Wildman–Crippen MR) is 117 cm³/mol. The second-order valence-electron chi connectivity index (χ2n) is 6.35. The molecule has 4 aromatic rings. The molecule has 2 aromatic heterocycles. The Morgan fingerprint density at radius 1 is 1.28 bits per heavy atom. The number of nitrogens with two attached hydrogens (primary N) is 1. The smallest absolute Gasteiger partial charge is 0.294 e. The van der Waals surface area contributed by atoms with Crippen LogP contribution in [0.15, 0.2) is 58.3 Å². The molecule has 0 aliphatic rings. The Kier molecular flexibility index (Phi) is 6.08. The highest BCUT2D eigenvalue weighted by Crippen LogP contribution is 2.29. The summed E-state index contributed by atoms with van der Waals surface area (Å²) in [6.07, 6.45) is 1.43. The summed E-state index contributed by atoms with van der Waals surface area (Å²) in [7, 11) is 0. The molecule has 2 heterocycles. The van der Waals surface area contributed by atoms with Gasteiger partial charge in [0.15, 0.2) is 5.69 Å². The van der Waals surface area contributed by atoms with E-state index in [1.165, 1.54) is 10.9 Å². The number of halogens is 1. The van der Waals surface area contributed by atoms with Gasteiger partial charge in [0.1, 0.15) is 11.4 Å². The number of amides is 1. The summed E-state index contributed by atoms with van der Waals surface area (Å²) in [5, 5.41) is 19.8. The number of nitrogens with zero attached hydrogens (tertiary/aromatic N) is 6. The van der Waals surface area contributed by atoms with Crippen LogP contribution >= 0.6 is 11.6 Å². The van der Waals surface area contributed by atoms with Crippen LogP contribution in [0.2, 0.25) is 5.02 Å². The van der Waals surface area contributed by atoms with Crippen LogP contribution in [0.5, 0.6) is 5.75 Å². The lowest BCUT2D eigenvalue weighted by atomic mass is 10.1. The summed E-state index contributed by atoms with van der Waals surface area (Å²) in [6.45, 7) is 2.35. The Morgan fingerprint density at radius 2 is 2.12 bits per heavy atom. The lowest BCUT2D eigenvalue weighted by Gasteiger charge is -2.08. The number of nitrogens with one attached hydrogen (secondary N) is 1. The Hall–Kier alpha value is -4.25. The second-order valence-corrected chi connectivity index (χ2v) is 6.76. The standard InChI is InChI=1S/C20H17ClN8O3/c1-2-31-14-8-5-7-12(10-14)17-16(24-28-29(17)19-18(22)26-32-27-19)20(30)25-23-11-13-6-3-4-9-15(13)21/h3-11H,2H2,1H3,(H2,22,26)(H,25,30)/b23-11-. The van der Waals surface area contributed by atoms with Crippen LogP contribution in [0, 0.1) is 0 Å². The quantitative estimate of drug-likeness (QED) is 0.321. The van der Waals surface area contributed by atoms with Crippen LogP contribution in [0.1, 0.15) is 23.0 Å². The summed E-state index contributed by atoms with van der Waals surface area (Å²) >= 11 is 6.10. The summed E-state index contributed by atoms with van der Waals surface area (Å²) in [5.74, 6) is 0.0761. The first-order valence-electron chi connectivity index (χ1n) is 9.43. The first-order valence-corrected chi connectivity index (χ1v) is 9.81. The number of hydrogen-bond donors (Lipinski definition) is 2. The lowest BCUT2D eigenvalue weighted by molar-refractivity contribution is 0.0950. The Morgan fingerprint density at radius 3 is 2.88 bits per heavy atom. The Labute approximate surface area is 186 Å². The van der Waals surface area contributed by atoms with E-state index in [1.54, 1.807) is 48.5 Å². The van der Waals surface area contributed by atoms with Crippen molar-refractivity contribution in [2.75, 3.05) is 12.3 Å². The number of benzene rings is 2. The number of carbonyl (C=O) groups is 1. The third-order valence-corrected chi connectivity index (χ3v) is 4.62. The average molecular weight is 453 g/mol. The maximum absolute atomic E-state index is 12.9. The first kappa shape index (κ1) is 21.0. The fourth-order valence-electron chi connectivity index (χ4n) is 2.87. The van der Waals surface area contributed by atoms with E-state index in [4.69, 9.17) is 22.1 Å². The van der Waals surface area contributed by atoms with Crippen LogP contribution in [-0.2, 0) is 0 Å². The Bertz CT molecular complexity index is 1280. The number of rotatable bonds is 7. The van der Waals surface area contributed by atoms with Crippen molar-refractivity contribution in [1.82, 2.24) is 30.7 Å². The van der Waals surface area contributed by atoms with E-state index in [2.05, 4.69) is 35.8 Å². The number of hydrogen-bond acceptors (Lipinski definition) is 9. The maximum atomic E-state index is 12.9. The molecule has 0 radical (unpaired) electrons. The van der Waals surface area contributed by atoms with Gasteiger partial charge in [0, 0.05) is 16.1 Å². The number of carbonyl (C=O) groups excluding carboxylic acids is 1. The maximum Gasteiger partial charge on any atom is 0.294 e. The molecule has 3 N–H and O–H groups in total. The van der Waals surface area contributed by atoms with E-state index in [0.717, 1.165) is 0 Å². The average Bonchev–Trinajstić information content (AvgIpc) is 3.41. The molecule has 0 aliphatic heterocycles. The third kappa shape index (κ3) is 4.27. The molecule has 0 fully saturated rings. The number of nitrogen functional groups attached to an aromatic ring is 1. The minimum Gasteiger partial charge on any atom is -0.494 e. The molecular weight excluding hydrogens is 436 g/mol. The molecule has 0 bridgehead atoms. The van der Waals surface area contributed by atoms with Crippen LogP contribution < -0.4 is 15.9 Å². The van der Waals surface area contributed by atoms with E-state index in [1.807, 2.05) is 6.92 Å². The fourth-order valence-corrected chi connectivity index (χ4v) is 3.06. The molecule has 32 heavy (non-hydrogen) atoms. The van der Waals surface area contributed by atoms with Crippen molar-refractivity contribution in [3.63, 3.8) is 0 Å². The van der Waals surface area contributed by atoms with E-state index in [0.29, 0.717) is 34.2 Å². The minimum atomic E-state index is -0.605. The molecule has 11 nitrogen and oxygen atoms in total. The summed E-state index contributed by atoms with van der Waals surface area (Å²) in [6, 6.07) is 14.2. The summed E-state index contributed by atoms with van der Waals surface area (Å²) in [4.78, 5) is 12.9. The highest BCUT2D eigenvalue weighted by molar-refractivity contribution is 6.33. The van der Waals surface area contributed by atoms with Gasteiger partial charge in [0.25, 0.3) is 5.91 Å². The van der Waals surface area contributed by atoms with Crippen molar-refractivity contribution < 1.29 is 14.2 Å². The largest absolute Gasteiger partial charge is 0.494 e. The minimum absolute atomic E-state index is 0.0131. The zero-order valence-corrected chi connectivity index (χ0v) is 17.5. The normalized spacial score (nSPS) is 11.1. The van der Waals surface area contributed by atoms with Gasteiger partial charge in [-0.25, -0.2) is 10.1 Å². The van der Waals surface area contributed by atoms with Crippen molar-refractivity contribution in [3.05, 3.63) is 64.8 Å². The van der Waals surface area contributed by atoms with Gasteiger partial charge in [0.05, 0.1) is 12.8 Å². The molecule has 12 heteroatoms. The third-order valence-electron chi connectivity index (χ3n) is 4.27. The van der Waals surface area contributed by atoms with Crippen LogP contribution in [0.25, 0.3) is 17.1 Å². The van der Waals surface area contributed by atoms with E-state index in [-0.39, 0.29) is 17.3 Å². The highest BCUT2D eigenvalue weighted by atomic mass is 35.5. The molecule has 4 rings (SSSR count). The molecule has 162 valence electrons. The van der Waals surface area contributed by atoms with E-state index >= 15 is 0 Å². The van der Waals surface area contributed by atoms with Crippen molar-refractivity contribution >= 4 is 29.5 Å². The lowest BCUT2D eigenvalue weighted by Crippen LogP contribution is -2.19. The summed E-state index contributed by atoms with van der Waals surface area (Å²) in [5.41, 5.74) is 9.77. The topological polar surface area (TPSA) is 146 Å². The number of anilines is 1. The first-order chi connectivity index (χ1) is 15.6. The number of aromatic nitrogens is 5. The van der Waals surface area contributed by atoms with Gasteiger partial charge in [-0.05, 0) is 35.4 Å². The van der Waals surface area contributed by atoms with Gasteiger partial charge in [-0.15, -0.1) is 5.10 Å². The van der Waals surface area contributed by atoms with Gasteiger partial charge in [-0.2, -0.15) is 9.78 Å². The van der Waals surface area contributed by atoms with Gasteiger partial charge >= 0.3 is 0 Å². The van der Waals surface area contributed by atoms with Crippen molar-refractivity contribution in [2.24, 2.45) is 5.10 Å². The molecule has 0 atom stereocenters. The number of ether oxygens (including phenoxy) is 1. The predicted octanol–water partition coefficient (Wildman–Crippen LogP) is 2.72. The molecule has 0 unspecified atom stereocenters. The fraction of sp³-hybridized carbons (Fsp3) is 0.100. The van der Waals surface area contributed by atoms with Gasteiger partial charge in [0.2, 0.25) is 11.6 Å². The van der Waals surface area contributed by atoms with Crippen LogP contribution in [-0.4, -0.2) is 44.0 Å². The van der Waals surface area contributed by atoms with Gasteiger partial charge in [-0.1, -0.05) is 47.1 Å². The molecule has 0 saturated heterocycles. The van der Waals surface area contributed by atoms with Crippen LogP contribution in [0.4, 0.5) is 5.82 Å².